The lowest BCUT2D eigenvalue weighted by atomic mass is 10.1. The fraction of sp³-hybridized carbons (Fsp3) is 0.562. The molecule has 0 saturated heterocycles. The fourth-order valence-corrected chi connectivity index (χ4v) is 1.74. The van der Waals surface area contributed by atoms with Gasteiger partial charge in [-0.2, -0.15) is 0 Å². The Morgan fingerprint density at radius 1 is 1.29 bits per heavy atom. The Balaban J connectivity index is 0.00000400. The van der Waals surface area contributed by atoms with E-state index in [4.69, 9.17) is 4.74 Å². The minimum atomic E-state index is 0. The SMILES string of the molecule is CN=C(NCc1ccc(C)c(OC)c1)NC(C)C(C)C.I. The predicted octanol–water partition coefficient (Wildman–Crippen LogP) is 3.33. The molecule has 21 heavy (non-hydrogen) atoms. The first-order chi connectivity index (χ1) is 9.47. The number of ether oxygens (including phenoxy) is 1. The summed E-state index contributed by atoms with van der Waals surface area (Å²) in [5.74, 6) is 2.31. The molecule has 0 amide bonds. The van der Waals surface area contributed by atoms with Crippen LogP contribution in [0.4, 0.5) is 0 Å². The number of guanidine groups is 1. The molecular formula is C16H28IN3O. The molecule has 0 aliphatic rings. The Morgan fingerprint density at radius 3 is 2.48 bits per heavy atom. The van der Waals surface area contributed by atoms with E-state index >= 15 is 0 Å². The van der Waals surface area contributed by atoms with E-state index in [2.05, 4.69) is 54.6 Å². The summed E-state index contributed by atoms with van der Waals surface area (Å²) in [6.45, 7) is 9.31. The molecule has 0 heterocycles. The van der Waals surface area contributed by atoms with Crippen molar-refractivity contribution in [2.24, 2.45) is 10.9 Å². The number of hydrogen-bond acceptors (Lipinski definition) is 2. The highest BCUT2D eigenvalue weighted by molar-refractivity contribution is 14.0. The molecule has 0 aliphatic heterocycles. The van der Waals surface area contributed by atoms with Crippen molar-refractivity contribution in [3.05, 3.63) is 29.3 Å². The first-order valence-corrected chi connectivity index (χ1v) is 7.08. The van der Waals surface area contributed by atoms with Crippen molar-refractivity contribution < 1.29 is 4.74 Å². The van der Waals surface area contributed by atoms with Crippen molar-refractivity contribution in [2.75, 3.05) is 14.2 Å². The largest absolute Gasteiger partial charge is 0.496 e. The topological polar surface area (TPSA) is 45.7 Å². The van der Waals surface area contributed by atoms with E-state index in [9.17, 15) is 0 Å². The summed E-state index contributed by atoms with van der Waals surface area (Å²) >= 11 is 0. The van der Waals surface area contributed by atoms with Crippen molar-refractivity contribution in [3.63, 3.8) is 0 Å². The van der Waals surface area contributed by atoms with Crippen molar-refractivity contribution in [1.82, 2.24) is 10.6 Å². The van der Waals surface area contributed by atoms with E-state index in [1.54, 1.807) is 14.2 Å². The first-order valence-electron chi connectivity index (χ1n) is 7.08. The van der Waals surface area contributed by atoms with E-state index < -0.39 is 0 Å². The molecule has 0 spiro atoms. The van der Waals surface area contributed by atoms with Crippen molar-refractivity contribution in [1.29, 1.82) is 0 Å². The van der Waals surface area contributed by atoms with Gasteiger partial charge in [0.2, 0.25) is 0 Å². The second-order valence-corrected chi connectivity index (χ2v) is 5.41. The van der Waals surface area contributed by atoms with E-state index in [-0.39, 0.29) is 24.0 Å². The third-order valence-corrected chi connectivity index (χ3v) is 3.52. The van der Waals surface area contributed by atoms with E-state index in [0.717, 1.165) is 23.8 Å². The number of aryl methyl sites for hydroxylation is 1. The summed E-state index contributed by atoms with van der Waals surface area (Å²) in [6.07, 6.45) is 0. The van der Waals surface area contributed by atoms with Gasteiger partial charge in [-0.3, -0.25) is 4.99 Å². The summed E-state index contributed by atoms with van der Waals surface area (Å²) < 4.78 is 5.34. The maximum Gasteiger partial charge on any atom is 0.191 e. The van der Waals surface area contributed by atoms with Crippen LogP contribution in [0.15, 0.2) is 23.2 Å². The van der Waals surface area contributed by atoms with Crippen LogP contribution in [0.25, 0.3) is 0 Å². The molecule has 1 aromatic carbocycles. The fourth-order valence-electron chi connectivity index (χ4n) is 1.74. The van der Waals surface area contributed by atoms with Crippen molar-refractivity contribution in [3.8, 4) is 5.75 Å². The lowest BCUT2D eigenvalue weighted by Gasteiger charge is -2.21. The third-order valence-electron chi connectivity index (χ3n) is 3.52. The lowest BCUT2D eigenvalue weighted by Crippen LogP contribution is -2.43. The second kappa shape index (κ2) is 9.87. The predicted molar refractivity (Wildman–Crippen MR) is 101 cm³/mol. The van der Waals surface area contributed by atoms with Crippen LogP contribution in [0.1, 0.15) is 31.9 Å². The molecule has 0 aromatic heterocycles. The third kappa shape index (κ3) is 6.54. The molecule has 0 fully saturated rings. The molecule has 0 radical (unpaired) electrons. The maximum absolute atomic E-state index is 5.34. The van der Waals surface area contributed by atoms with Gasteiger partial charge in [0.05, 0.1) is 7.11 Å². The zero-order valence-corrected chi connectivity index (χ0v) is 16.2. The Bertz CT molecular complexity index is 461. The van der Waals surface area contributed by atoms with Crippen molar-refractivity contribution >= 4 is 29.9 Å². The van der Waals surface area contributed by atoms with Gasteiger partial charge in [0.15, 0.2) is 5.96 Å². The van der Waals surface area contributed by atoms with Crippen LogP contribution in [0.2, 0.25) is 0 Å². The van der Waals surface area contributed by atoms with Crippen LogP contribution in [0.3, 0.4) is 0 Å². The van der Waals surface area contributed by atoms with Gasteiger partial charge in [-0.25, -0.2) is 0 Å². The van der Waals surface area contributed by atoms with E-state index in [1.165, 1.54) is 5.56 Å². The van der Waals surface area contributed by atoms with Gasteiger partial charge in [-0.05, 0) is 37.0 Å². The number of nitrogens with one attached hydrogen (secondary N) is 2. The standard InChI is InChI=1S/C16H27N3O.HI/c1-11(2)13(4)19-16(17-5)18-10-14-8-7-12(3)15(9-14)20-6;/h7-9,11,13H,10H2,1-6H3,(H2,17,18,19);1H. The molecule has 4 nitrogen and oxygen atoms in total. The maximum atomic E-state index is 5.34. The van der Waals surface area contributed by atoms with Gasteiger partial charge in [0.1, 0.15) is 5.75 Å². The lowest BCUT2D eigenvalue weighted by molar-refractivity contribution is 0.411. The van der Waals surface area contributed by atoms with Crippen LogP contribution >= 0.6 is 24.0 Å². The molecular weight excluding hydrogens is 377 g/mol. The van der Waals surface area contributed by atoms with Gasteiger partial charge in [-0.15, -0.1) is 24.0 Å². The number of benzene rings is 1. The van der Waals surface area contributed by atoms with Crippen LogP contribution in [-0.2, 0) is 6.54 Å². The minimum absolute atomic E-state index is 0. The van der Waals surface area contributed by atoms with E-state index in [1.807, 2.05) is 6.92 Å². The first kappa shape index (κ1) is 20.0. The van der Waals surface area contributed by atoms with Crippen LogP contribution in [0.5, 0.6) is 5.75 Å². The summed E-state index contributed by atoms with van der Waals surface area (Å²) in [6, 6.07) is 6.61. The number of rotatable bonds is 5. The van der Waals surface area contributed by atoms with E-state index in [0.29, 0.717) is 12.0 Å². The quantitative estimate of drug-likeness (QED) is 0.449. The Labute approximate surface area is 145 Å². The second-order valence-electron chi connectivity index (χ2n) is 5.41. The molecule has 1 atom stereocenters. The van der Waals surface area contributed by atoms with Crippen LogP contribution in [-0.4, -0.2) is 26.2 Å². The molecule has 2 N–H and O–H groups in total. The molecule has 5 heteroatoms. The van der Waals surface area contributed by atoms with Gasteiger partial charge in [-0.1, -0.05) is 26.0 Å². The monoisotopic (exact) mass is 405 g/mol. The number of halogens is 1. The number of aliphatic imine (C=N–C) groups is 1. The van der Waals surface area contributed by atoms with Crippen LogP contribution in [0, 0.1) is 12.8 Å². The molecule has 1 rings (SSSR count). The average molecular weight is 405 g/mol. The number of hydrogen-bond donors (Lipinski definition) is 2. The molecule has 0 bridgehead atoms. The highest BCUT2D eigenvalue weighted by Crippen LogP contribution is 2.18. The van der Waals surface area contributed by atoms with Gasteiger partial charge in [0, 0.05) is 19.6 Å². The zero-order chi connectivity index (χ0) is 15.1. The summed E-state index contributed by atoms with van der Waals surface area (Å²) in [4.78, 5) is 4.25. The number of nitrogens with zero attached hydrogens (tertiary/aromatic N) is 1. The molecule has 1 unspecified atom stereocenters. The van der Waals surface area contributed by atoms with Crippen molar-refractivity contribution in [2.45, 2.75) is 40.3 Å². The Kier molecular flexibility index (Phi) is 9.41. The Hall–Kier alpha value is -0.980. The van der Waals surface area contributed by atoms with Gasteiger partial charge in [0.25, 0.3) is 0 Å². The highest BCUT2D eigenvalue weighted by atomic mass is 127. The molecule has 120 valence electrons. The zero-order valence-electron chi connectivity index (χ0n) is 13.9. The molecule has 0 aliphatic carbocycles. The molecule has 1 aromatic rings. The molecule has 0 saturated carbocycles. The minimum Gasteiger partial charge on any atom is -0.496 e. The summed E-state index contributed by atoms with van der Waals surface area (Å²) in [7, 11) is 3.49. The van der Waals surface area contributed by atoms with Gasteiger partial charge >= 0.3 is 0 Å². The summed E-state index contributed by atoms with van der Waals surface area (Å²) in [5.41, 5.74) is 2.32. The smallest absolute Gasteiger partial charge is 0.191 e. The highest BCUT2D eigenvalue weighted by Gasteiger charge is 2.09. The van der Waals surface area contributed by atoms with Gasteiger partial charge < -0.3 is 15.4 Å². The average Bonchev–Trinajstić information content (AvgIpc) is 2.44. The normalized spacial score (nSPS) is 12.6. The summed E-state index contributed by atoms with van der Waals surface area (Å²) in [5, 5.41) is 6.71. The Morgan fingerprint density at radius 2 is 1.95 bits per heavy atom. The number of methoxy groups -OCH3 is 1. The van der Waals surface area contributed by atoms with Crippen LogP contribution < -0.4 is 15.4 Å².